The first kappa shape index (κ1) is 20.1. The van der Waals surface area contributed by atoms with Crippen LogP contribution >= 0.6 is 0 Å². The van der Waals surface area contributed by atoms with Gasteiger partial charge in [-0.2, -0.15) is 5.10 Å². The minimum atomic E-state index is -0.102. The molecular weight excluding hydrogens is 394 g/mol. The molecule has 1 aromatic carbocycles. The fourth-order valence-corrected chi connectivity index (χ4v) is 5.03. The molecule has 2 atom stereocenters. The number of hydrogen-bond acceptors (Lipinski definition) is 6. The molecule has 1 N–H and O–H groups in total. The highest BCUT2D eigenvalue weighted by atomic mass is 16.5. The lowest BCUT2D eigenvalue weighted by atomic mass is 9.83. The Bertz CT molecular complexity index is 1170. The second kappa shape index (κ2) is 7.39. The Labute approximate surface area is 181 Å². The van der Waals surface area contributed by atoms with Crippen molar-refractivity contribution in [3.8, 4) is 22.6 Å². The molecule has 0 aliphatic carbocycles. The number of ether oxygens (including phenoxy) is 2. The summed E-state index contributed by atoms with van der Waals surface area (Å²) in [6.07, 6.45) is 3.53. The summed E-state index contributed by atoms with van der Waals surface area (Å²) < 4.78 is 13.2. The molecule has 2 fully saturated rings. The number of piperazine rings is 1. The van der Waals surface area contributed by atoms with Crippen molar-refractivity contribution in [1.82, 2.24) is 24.6 Å². The number of H-pyrrole nitrogens is 1. The van der Waals surface area contributed by atoms with E-state index in [1.165, 1.54) is 0 Å². The van der Waals surface area contributed by atoms with Crippen LogP contribution in [0.1, 0.15) is 19.4 Å². The van der Waals surface area contributed by atoms with E-state index in [4.69, 9.17) is 9.47 Å². The number of pyridine rings is 1. The second-order valence-corrected chi connectivity index (χ2v) is 8.83. The van der Waals surface area contributed by atoms with Gasteiger partial charge in [0.1, 0.15) is 17.0 Å². The van der Waals surface area contributed by atoms with Crippen molar-refractivity contribution >= 4 is 10.9 Å². The molecule has 2 aliphatic heterocycles. The van der Waals surface area contributed by atoms with Gasteiger partial charge in [-0.05, 0) is 31.5 Å². The number of aryl methyl sites for hydroxylation is 1. The molecule has 1 unspecified atom stereocenters. The van der Waals surface area contributed by atoms with Crippen LogP contribution in [0.5, 0.6) is 11.5 Å². The topological polar surface area (TPSA) is 75.6 Å². The third kappa shape index (κ3) is 3.04. The van der Waals surface area contributed by atoms with E-state index >= 15 is 0 Å². The molecule has 0 amide bonds. The van der Waals surface area contributed by atoms with Crippen LogP contribution in [-0.2, 0) is 13.6 Å². The van der Waals surface area contributed by atoms with Gasteiger partial charge in [0.05, 0.1) is 26.0 Å². The number of nitrogens with zero attached hydrogens (tertiary/aromatic N) is 4. The Kier molecular flexibility index (Phi) is 4.79. The van der Waals surface area contributed by atoms with Crippen LogP contribution in [0.25, 0.3) is 22.0 Å². The van der Waals surface area contributed by atoms with Crippen LogP contribution in [0.4, 0.5) is 0 Å². The van der Waals surface area contributed by atoms with E-state index in [-0.39, 0.29) is 5.56 Å². The first-order valence-electron chi connectivity index (χ1n) is 10.7. The van der Waals surface area contributed by atoms with Crippen LogP contribution in [0.2, 0.25) is 0 Å². The van der Waals surface area contributed by atoms with Crippen LogP contribution in [0, 0.1) is 0 Å². The van der Waals surface area contributed by atoms with Crippen molar-refractivity contribution in [2.45, 2.75) is 38.5 Å². The average Bonchev–Trinajstić information content (AvgIpc) is 3.23. The fourth-order valence-electron chi connectivity index (χ4n) is 5.03. The predicted molar refractivity (Wildman–Crippen MR) is 120 cm³/mol. The maximum atomic E-state index is 12.4. The van der Waals surface area contributed by atoms with E-state index in [1.807, 2.05) is 18.3 Å². The average molecular weight is 424 g/mol. The summed E-state index contributed by atoms with van der Waals surface area (Å²) in [5, 5.41) is 7.68. The third-order valence-corrected chi connectivity index (χ3v) is 6.89. The predicted octanol–water partition coefficient (Wildman–Crippen LogP) is 2.22. The molecule has 0 saturated carbocycles. The lowest BCUT2D eigenvalue weighted by Crippen LogP contribution is -2.79. The van der Waals surface area contributed by atoms with E-state index in [0.717, 1.165) is 53.2 Å². The van der Waals surface area contributed by atoms with Gasteiger partial charge in [0.2, 0.25) is 0 Å². The third-order valence-electron chi connectivity index (χ3n) is 6.89. The maximum Gasteiger partial charge on any atom is 0.276 e. The van der Waals surface area contributed by atoms with E-state index in [0.29, 0.717) is 23.6 Å². The molecule has 5 rings (SSSR count). The second-order valence-electron chi connectivity index (χ2n) is 8.83. The zero-order valence-corrected chi connectivity index (χ0v) is 18.7. The zero-order valence-electron chi connectivity index (χ0n) is 18.7. The van der Waals surface area contributed by atoms with Gasteiger partial charge in [-0.15, -0.1) is 0 Å². The number of methoxy groups -OCH3 is 2. The van der Waals surface area contributed by atoms with Gasteiger partial charge in [-0.25, -0.2) is 0 Å². The molecule has 0 radical (unpaired) electrons. The van der Waals surface area contributed by atoms with E-state index in [2.05, 4.69) is 33.8 Å². The van der Waals surface area contributed by atoms with Crippen molar-refractivity contribution in [3.63, 3.8) is 0 Å². The van der Waals surface area contributed by atoms with Crippen molar-refractivity contribution < 1.29 is 9.47 Å². The number of benzene rings is 1. The number of hydrogen-bond donors (Lipinski definition) is 1. The summed E-state index contributed by atoms with van der Waals surface area (Å²) in [7, 11) is 5.13. The molecule has 8 nitrogen and oxygen atoms in total. The van der Waals surface area contributed by atoms with Gasteiger partial charge in [0.25, 0.3) is 5.56 Å². The number of likely N-dealkylation sites (tertiary alicyclic amines) is 2. The Hall–Kier alpha value is -2.84. The molecule has 0 spiro atoms. The molecule has 164 valence electrons. The quantitative estimate of drug-likeness (QED) is 0.655. The molecule has 0 bridgehead atoms. The lowest BCUT2D eigenvalue weighted by molar-refractivity contribution is -0.141. The molecular formula is C23H29N5O3. The smallest absolute Gasteiger partial charge is 0.276 e. The monoisotopic (exact) mass is 423 g/mol. The SMILES string of the molecule is COc1cc(-c2cn(C)c(=O)c3[nH]ncc23)cc(OC)c1CN1CC2[C@@H]1CN2C(C)C. The number of nitrogens with one attached hydrogen (secondary N) is 1. The Morgan fingerprint density at radius 2 is 1.87 bits per heavy atom. The molecule has 2 aliphatic rings. The summed E-state index contributed by atoms with van der Waals surface area (Å²) >= 11 is 0. The number of rotatable bonds is 6. The molecule has 2 aromatic heterocycles. The Balaban J connectivity index is 1.50. The van der Waals surface area contributed by atoms with Crippen molar-refractivity contribution in [2.24, 2.45) is 7.05 Å². The Morgan fingerprint density at radius 3 is 2.45 bits per heavy atom. The van der Waals surface area contributed by atoms with Crippen LogP contribution in [-0.4, -0.2) is 70.0 Å². The van der Waals surface area contributed by atoms with Crippen molar-refractivity contribution in [1.29, 1.82) is 0 Å². The summed E-state index contributed by atoms with van der Waals surface area (Å²) in [4.78, 5) is 17.5. The molecule has 2 saturated heterocycles. The van der Waals surface area contributed by atoms with Gasteiger partial charge in [0.15, 0.2) is 0 Å². The molecule has 31 heavy (non-hydrogen) atoms. The van der Waals surface area contributed by atoms with Gasteiger partial charge in [0, 0.05) is 62.0 Å². The normalized spacial score (nSPS) is 21.1. The van der Waals surface area contributed by atoms with Gasteiger partial charge < -0.3 is 14.0 Å². The fraction of sp³-hybridized carbons (Fsp3) is 0.478. The largest absolute Gasteiger partial charge is 0.496 e. The van der Waals surface area contributed by atoms with E-state index < -0.39 is 0 Å². The number of aromatic amines is 1. The van der Waals surface area contributed by atoms with E-state index in [1.54, 1.807) is 32.0 Å². The van der Waals surface area contributed by atoms with Gasteiger partial charge >= 0.3 is 0 Å². The highest BCUT2D eigenvalue weighted by Gasteiger charge is 2.52. The maximum absolute atomic E-state index is 12.4. The highest BCUT2D eigenvalue weighted by molar-refractivity contribution is 5.94. The lowest BCUT2D eigenvalue weighted by Gasteiger charge is -2.63. The number of fused-ring (bicyclic) bond motifs is 2. The summed E-state index contributed by atoms with van der Waals surface area (Å²) in [6, 6.07) is 5.96. The van der Waals surface area contributed by atoms with E-state index in [9.17, 15) is 4.79 Å². The molecule has 8 heteroatoms. The molecule has 4 heterocycles. The first-order valence-corrected chi connectivity index (χ1v) is 10.7. The van der Waals surface area contributed by atoms with Gasteiger partial charge in [-0.3, -0.25) is 19.7 Å². The highest BCUT2D eigenvalue weighted by Crippen LogP contribution is 2.41. The Morgan fingerprint density at radius 1 is 1.16 bits per heavy atom. The summed E-state index contributed by atoms with van der Waals surface area (Å²) in [6.45, 7) is 7.53. The minimum Gasteiger partial charge on any atom is -0.496 e. The van der Waals surface area contributed by atoms with Gasteiger partial charge in [-0.1, -0.05) is 0 Å². The van der Waals surface area contributed by atoms with Crippen molar-refractivity contribution in [3.05, 3.63) is 40.4 Å². The first-order chi connectivity index (χ1) is 14.9. The number of aromatic nitrogens is 3. The van der Waals surface area contributed by atoms with Crippen LogP contribution in [0.3, 0.4) is 0 Å². The summed E-state index contributed by atoms with van der Waals surface area (Å²) in [5.41, 5.74) is 3.28. The minimum absolute atomic E-state index is 0.102. The van der Waals surface area contributed by atoms with Crippen LogP contribution in [0.15, 0.2) is 29.3 Å². The van der Waals surface area contributed by atoms with Crippen molar-refractivity contribution in [2.75, 3.05) is 27.3 Å². The van der Waals surface area contributed by atoms with Crippen LogP contribution < -0.4 is 15.0 Å². The summed E-state index contributed by atoms with van der Waals surface area (Å²) in [5.74, 6) is 1.59. The molecule has 3 aromatic rings. The zero-order chi connectivity index (χ0) is 21.9. The standard InChI is InChI=1S/C23H29N5O3/c1-13(2)28-12-18-19(28)11-27(18)10-17-20(30-4)6-14(7-21(17)31-5)16-9-26(3)23(29)22-15(16)8-24-25-22/h6-9,13,18-19H,10-12H2,1-5H3,(H,24,25)/t18-,19?/m0/s1.